The third-order valence-electron chi connectivity index (χ3n) is 3.82. The molecule has 0 spiro atoms. The summed E-state index contributed by atoms with van der Waals surface area (Å²) in [6.07, 6.45) is 3.42. The van der Waals surface area contributed by atoms with Gasteiger partial charge in [-0.2, -0.15) is 0 Å². The Kier molecular flexibility index (Phi) is 4.89. The first-order valence-electron chi connectivity index (χ1n) is 6.75. The minimum Gasteiger partial charge on any atom is -0.395 e. The van der Waals surface area contributed by atoms with Crippen molar-refractivity contribution in [2.45, 2.75) is 31.8 Å². The number of anilines is 1. The van der Waals surface area contributed by atoms with Crippen molar-refractivity contribution in [2.75, 3.05) is 18.6 Å². The number of nitrogens with one attached hydrogen (secondary N) is 1. The van der Waals surface area contributed by atoms with Crippen molar-refractivity contribution in [3.8, 4) is 0 Å². The summed E-state index contributed by atoms with van der Waals surface area (Å²) in [5.74, 6) is 5.44. The summed E-state index contributed by atoms with van der Waals surface area (Å²) in [7, 11) is 0. The summed E-state index contributed by atoms with van der Waals surface area (Å²) in [5, 5.41) is 20.2. The van der Waals surface area contributed by atoms with E-state index in [1.165, 1.54) is 12.5 Å². The molecule has 1 aromatic carbocycles. The van der Waals surface area contributed by atoms with Crippen molar-refractivity contribution in [2.24, 2.45) is 5.84 Å². The zero-order valence-corrected chi connectivity index (χ0v) is 11.3. The Hall–Kier alpha value is -1.70. The Morgan fingerprint density at radius 1 is 1.50 bits per heavy atom. The van der Waals surface area contributed by atoms with Crippen LogP contribution in [0.4, 0.5) is 11.4 Å². The molecule has 0 amide bonds. The summed E-state index contributed by atoms with van der Waals surface area (Å²) in [6.45, 7) is 1.20. The number of nitrogens with two attached hydrogens (primary N) is 1. The minimum absolute atomic E-state index is 0.0254. The first-order chi connectivity index (χ1) is 9.67. The zero-order chi connectivity index (χ0) is 14.5. The van der Waals surface area contributed by atoms with Crippen LogP contribution in [0.15, 0.2) is 18.2 Å². The number of benzene rings is 1. The van der Waals surface area contributed by atoms with Gasteiger partial charge in [-0.1, -0.05) is 18.6 Å². The fourth-order valence-corrected chi connectivity index (χ4v) is 2.53. The molecule has 1 fully saturated rings. The smallest absolute Gasteiger partial charge is 0.293 e. The second kappa shape index (κ2) is 6.65. The van der Waals surface area contributed by atoms with Crippen LogP contribution >= 0.6 is 0 Å². The highest BCUT2D eigenvalue weighted by Gasteiger charge is 2.26. The van der Waals surface area contributed by atoms with E-state index in [2.05, 4.69) is 10.3 Å². The van der Waals surface area contributed by atoms with Gasteiger partial charge >= 0.3 is 0 Å². The number of aliphatic hydroxyl groups is 1. The van der Waals surface area contributed by atoms with Crippen molar-refractivity contribution in [3.05, 3.63) is 33.9 Å². The maximum Gasteiger partial charge on any atom is 0.293 e. The minimum atomic E-state index is -0.446. The van der Waals surface area contributed by atoms with Crippen LogP contribution in [0, 0.1) is 10.1 Å². The molecule has 0 saturated heterocycles. The second-order valence-corrected chi connectivity index (χ2v) is 4.99. The summed E-state index contributed by atoms with van der Waals surface area (Å²) < 4.78 is 0. The average molecular weight is 280 g/mol. The molecule has 0 aromatic heterocycles. The van der Waals surface area contributed by atoms with Crippen LogP contribution in [0.5, 0.6) is 0 Å². The van der Waals surface area contributed by atoms with Gasteiger partial charge in [0.1, 0.15) is 5.69 Å². The maximum atomic E-state index is 11.0. The van der Waals surface area contributed by atoms with Gasteiger partial charge in [0.05, 0.1) is 11.5 Å². The Morgan fingerprint density at radius 3 is 2.75 bits per heavy atom. The van der Waals surface area contributed by atoms with Crippen LogP contribution in [-0.2, 0) is 6.54 Å². The van der Waals surface area contributed by atoms with E-state index in [-0.39, 0.29) is 12.3 Å². The first-order valence-corrected chi connectivity index (χ1v) is 6.75. The van der Waals surface area contributed by atoms with Crippen LogP contribution in [-0.4, -0.2) is 34.1 Å². The fourth-order valence-electron chi connectivity index (χ4n) is 2.53. The second-order valence-electron chi connectivity index (χ2n) is 4.99. The quantitative estimate of drug-likeness (QED) is 0.394. The largest absolute Gasteiger partial charge is 0.395 e. The monoisotopic (exact) mass is 280 g/mol. The highest BCUT2D eigenvalue weighted by Crippen LogP contribution is 2.31. The molecule has 1 aromatic rings. The van der Waals surface area contributed by atoms with Gasteiger partial charge in [0.2, 0.25) is 0 Å². The van der Waals surface area contributed by atoms with Crippen molar-refractivity contribution in [3.63, 3.8) is 0 Å². The lowest BCUT2D eigenvalue weighted by molar-refractivity contribution is -0.384. The number of nitrogens with zero attached hydrogens (tertiary/aromatic N) is 2. The van der Waals surface area contributed by atoms with Crippen LogP contribution in [0.25, 0.3) is 0 Å². The molecule has 4 N–H and O–H groups in total. The molecule has 0 radical (unpaired) electrons. The number of para-hydroxylation sites is 1. The van der Waals surface area contributed by atoms with Crippen LogP contribution in [0.3, 0.4) is 0 Å². The van der Waals surface area contributed by atoms with Crippen molar-refractivity contribution < 1.29 is 10.0 Å². The van der Waals surface area contributed by atoms with E-state index >= 15 is 0 Å². The summed E-state index contributed by atoms with van der Waals surface area (Å²) in [4.78, 5) is 12.7. The predicted octanol–water partition coefficient (Wildman–Crippen LogP) is 1.23. The molecule has 7 nitrogen and oxygen atoms in total. The molecule has 0 unspecified atom stereocenters. The third kappa shape index (κ3) is 3.06. The zero-order valence-electron chi connectivity index (χ0n) is 11.3. The standard InChI is InChI=1S/C13H20N4O3/c14-15-13-10(3-1-6-12(13)17(19)20)9-16(7-8-18)11-4-2-5-11/h1,3,6,11,15,18H,2,4-5,7-9,14H2. The molecule has 0 aliphatic heterocycles. The highest BCUT2D eigenvalue weighted by atomic mass is 16.6. The van der Waals surface area contributed by atoms with Gasteiger partial charge in [-0.15, -0.1) is 0 Å². The molecule has 2 rings (SSSR count). The predicted molar refractivity (Wildman–Crippen MR) is 76.0 cm³/mol. The van der Waals surface area contributed by atoms with E-state index in [1.54, 1.807) is 6.07 Å². The van der Waals surface area contributed by atoms with E-state index in [4.69, 9.17) is 10.9 Å². The molecular weight excluding hydrogens is 260 g/mol. The van der Waals surface area contributed by atoms with Crippen molar-refractivity contribution in [1.29, 1.82) is 0 Å². The number of hydrazine groups is 1. The van der Waals surface area contributed by atoms with Crippen LogP contribution in [0.2, 0.25) is 0 Å². The number of hydrogen-bond acceptors (Lipinski definition) is 6. The summed E-state index contributed by atoms with van der Waals surface area (Å²) in [6, 6.07) is 5.36. The number of nitrogen functional groups attached to an aromatic ring is 1. The van der Waals surface area contributed by atoms with Crippen LogP contribution in [0.1, 0.15) is 24.8 Å². The van der Waals surface area contributed by atoms with E-state index in [0.717, 1.165) is 18.4 Å². The maximum absolute atomic E-state index is 11.0. The van der Waals surface area contributed by atoms with Gasteiger partial charge in [0, 0.05) is 25.2 Å². The lowest BCUT2D eigenvalue weighted by Gasteiger charge is -2.37. The van der Waals surface area contributed by atoms with Gasteiger partial charge in [-0.3, -0.25) is 20.9 Å². The summed E-state index contributed by atoms with van der Waals surface area (Å²) in [5.41, 5.74) is 3.54. The first kappa shape index (κ1) is 14.7. The third-order valence-corrected chi connectivity index (χ3v) is 3.82. The van der Waals surface area contributed by atoms with Crippen molar-refractivity contribution in [1.82, 2.24) is 4.90 Å². The molecule has 0 bridgehead atoms. The normalized spacial score (nSPS) is 15.2. The molecule has 7 heteroatoms. The molecule has 1 saturated carbocycles. The van der Waals surface area contributed by atoms with E-state index < -0.39 is 4.92 Å². The molecule has 0 heterocycles. The number of hydrogen-bond donors (Lipinski definition) is 3. The van der Waals surface area contributed by atoms with Crippen LogP contribution < -0.4 is 11.3 Å². The highest BCUT2D eigenvalue weighted by molar-refractivity contribution is 5.65. The lowest BCUT2D eigenvalue weighted by Crippen LogP contribution is -2.41. The molecule has 110 valence electrons. The Labute approximate surface area is 117 Å². The Balaban J connectivity index is 2.22. The summed E-state index contributed by atoms with van der Waals surface area (Å²) >= 11 is 0. The molecule has 1 aliphatic rings. The van der Waals surface area contributed by atoms with E-state index in [0.29, 0.717) is 24.8 Å². The van der Waals surface area contributed by atoms with Gasteiger partial charge in [-0.05, 0) is 18.4 Å². The Morgan fingerprint density at radius 2 is 2.25 bits per heavy atom. The average Bonchev–Trinajstić information content (AvgIpc) is 2.36. The molecular formula is C13H20N4O3. The number of rotatable bonds is 7. The van der Waals surface area contributed by atoms with E-state index in [1.807, 2.05) is 6.07 Å². The topological polar surface area (TPSA) is 105 Å². The van der Waals surface area contributed by atoms with Gasteiger partial charge in [-0.25, -0.2) is 0 Å². The van der Waals surface area contributed by atoms with Gasteiger partial charge in [0.25, 0.3) is 5.69 Å². The molecule has 0 atom stereocenters. The van der Waals surface area contributed by atoms with Gasteiger partial charge in [0.15, 0.2) is 0 Å². The number of aliphatic hydroxyl groups excluding tert-OH is 1. The van der Waals surface area contributed by atoms with Crippen molar-refractivity contribution >= 4 is 11.4 Å². The SMILES string of the molecule is NNc1c(CN(CCO)C2CCC2)cccc1[N+](=O)[O-]. The van der Waals surface area contributed by atoms with E-state index in [9.17, 15) is 10.1 Å². The van der Waals surface area contributed by atoms with Gasteiger partial charge < -0.3 is 10.5 Å². The molecule has 20 heavy (non-hydrogen) atoms. The number of nitro groups is 1. The Bertz CT molecular complexity index is 477. The number of nitro benzene ring substituents is 1. The lowest BCUT2D eigenvalue weighted by atomic mass is 9.91. The fraction of sp³-hybridized carbons (Fsp3) is 0.538. The molecule has 1 aliphatic carbocycles.